The quantitative estimate of drug-likeness (QED) is 0.918. The van der Waals surface area contributed by atoms with Crippen LogP contribution in [0.3, 0.4) is 0 Å². The van der Waals surface area contributed by atoms with Gasteiger partial charge in [0.2, 0.25) is 0 Å². The van der Waals surface area contributed by atoms with Gasteiger partial charge in [0.15, 0.2) is 0 Å². The Morgan fingerprint density at radius 1 is 1.24 bits per heavy atom. The molecule has 1 aromatic rings. The number of nitrogen functional groups attached to an aromatic ring is 1. The average Bonchev–Trinajstić information content (AvgIpc) is 3.00. The molecule has 0 unspecified atom stereocenters. The molecule has 2 aliphatic rings. The number of nitrogens with zero attached hydrogens (tertiary/aromatic N) is 3. The van der Waals surface area contributed by atoms with Crippen molar-refractivity contribution in [2.75, 3.05) is 38.5 Å². The fourth-order valence-electron chi connectivity index (χ4n) is 3.46. The lowest BCUT2D eigenvalue weighted by Gasteiger charge is -2.34. The molecule has 3 rings (SSSR count). The molecule has 21 heavy (non-hydrogen) atoms. The Bertz CT molecular complexity index is 499. The van der Waals surface area contributed by atoms with Crippen LogP contribution in [0.15, 0.2) is 18.2 Å². The largest absolute Gasteiger partial charge is 0.384 e. The molecule has 1 atom stereocenters. The average molecular weight is 288 g/mol. The molecule has 2 aliphatic heterocycles. The van der Waals surface area contributed by atoms with E-state index in [0.717, 1.165) is 26.1 Å². The Kier molecular flexibility index (Phi) is 4.39. The van der Waals surface area contributed by atoms with E-state index in [9.17, 15) is 4.79 Å². The monoisotopic (exact) mass is 288 g/mol. The van der Waals surface area contributed by atoms with Gasteiger partial charge in [-0.2, -0.15) is 0 Å². The van der Waals surface area contributed by atoms with Gasteiger partial charge in [-0.05, 0) is 56.8 Å². The van der Waals surface area contributed by atoms with Gasteiger partial charge in [0.05, 0.1) is 0 Å². The highest BCUT2D eigenvalue weighted by atomic mass is 16.2. The Hall–Kier alpha value is -1.62. The molecule has 1 amide bonds. The summed E-state index contributed by atoms with van der Waals surface area (Å²) >= 11 is 0. The van der Waals surface area contributed by atoms with Crippen molar-refractivity contribution >= 4 is 11.7 Å². The minimum absolute atomic E-state index is 0.0217. The van der Waals surface area contributed by atoms with Gasteiger partial charge in [-0.3, -0.25) is 4.79 Å². The summed E-state index contributed by atoms with van der Waals surface area (Å²) in [5.41, 5.74) is 6.14. The molecular weight excluding hydrogens is 264 g/mol. The molecule has 0 aromatic carbocycles. The van der Waals surface area contributed by atoms with Crippen LogP contribution in [0.4, 0.5) is 5.82 Å². The number of piperidine rings is 1. The fraction of sp³-hybridized carbons (Fsp3) is 0.625. The van der Waals surface area contributed by atoms with Crippen molar-refractivity contribution in [3.05, 3.63) is 23.9 Å². The summed E-state index contributed by atoms with van der Waals surface area (Å²) in [6.45, 7) is 5.27. The highest BCUT2D eigenvalue weighted by molar-refractivity contribution is 5.92. The maximum Gasteiger partial charge on any atom is 0.272 e. The molecule has 1 aromatic heterocycles. The van der Waals surface area contributed by atoms with Crippen molar-refractivity contribution in [2.24, 2.45) is 5.92 Å². The van der Waals surface area contributed by atoms with Crippen molar-refractivity contribution in [2.45, 2.75) is 25.7 Å². The van der Waals surface area contributed by atoms with Gasteiger partial charge < -0.3 is 15.5 Å². The Balaban J connectivity index is 1.61. The fourth-order valence-corrected chi connectivity index (χ4v) is 3.46. The van der Waals surface area contributed by atoms with E-state index in [0.29, 0.717) is 17.4 Å². The second kappa shape index (κ2) is 6.43. The lowest BCUT2D eigenvalue weighted by atomic mass is 9.97. The zero-order valence-electron chi connectivity index (χ0n) is 12.5. The van der Waals surface area contributed by atoms with E-state index in [1.165, 1.54) is 32.4 Å². The molecule has 2 N–H and O–H groups in total. The molecule has 0 spiro atoms. The Morgan fingerprint density at radius 2 is 2.05 bits per heavy atom. The third-order valence-corrected chi connectivity index (χ3v) is 4.51. The molecule has 0 aliphatic carbocycles. The smallest absolute Gasteiger partial charge is 0.272 e. The molecule has 0 bridgehead atoms. The van der Waals surface area contributed by atoms with Crippen molar-refractivity contribution in [3.8, 4) is 0 Å². The molecule has 5 nitrogen and oxygen atoms in total. The maximum atomic E-state index is 12.5. The van der Waals surface area contributed by atoms with Gasteiger partial charge in [0, 0.05) is 19.6 Å². The van der Waals surface area contributed by atoms with Crippen molar-refractivity contribution in [1.29, 1.82) is 0 Å². The van der Waals surface area contributed by atoms with Crippen LogP contribution in [0.5, 0.6) is 0 Å². The second-order valence-corrected chi connectivity index (χ2v) is 6.21. The van der Waals surface area contributed by atoms with Crippen LogP contribution in [-0.2, 0) is 0 Å². The number of carbonyl (C=O) groups is 1. The number of hydrogen-bond acceptors (Lipinski definition) is 4. The second-order valence-electron chi connectivity index (χ2n) is 6.21. The van der Waals surface area contributed by atoms with Crippen LogP contribution in [-0.4, -0.2) is 53.4 Å². The van der Waals surface area contributed by atoms with Gasteiger partial charge in [-0.25, -0.2) is 4.98 Å². The minimum atomic E-state index is 0.0217. The van der Waals surface area contributed by atoms with E-state index < -0.39 is 0 Å². The summed E-state index contributed by atoms with van der Waals surface area (Å²) < 4.78 is 0. The van der Waals surface area contributed by atoms with E-state index >= 15 is 0 Å². The maximum absolute atomic E-state index is 12.5. The molecule has 0 saturated carbocycles. The highest BCUT2D eigenvalue weighted by Crippen LogP contribution is 2.21. The van der Waals surface area contributed by atoms with Gasteiger partial charge in [0.25, 0.3) is 5.91 Å². The summed E-state index contributed by atoms with van der Waals surface area (Å²) in [5.74, 6) is 1.03. The lowest BCUT2D eigenvalue weighted by Crippen LogP contribution is -2.43. The van der Waals surface area contributed by atoms with Crippen molar-refractivity contribution < 1.29 is 4.79 Å². The first-order valence-corrected chi connectivity index (χ1v) is 7.96. The zero-order valence-corrected chi connectivity index (χ0v) is 12.5. The number of pyridine rings is 1. The third kappa shape index (κ3) is 3.53. The van der Waals surface area contributed by atoms with E-state index in [1.54, 1.807) is 18.2 Å². The number of nitrogens with two attached hydrogens (primary N) is 1. The predicted molar refractivity (Wildman–Crippen MR) is 83.0 cm³/mol. The molecule has 5 heteroatoms. The molecule has 3 heterocycles. The Labute approximate surface area is 126 Å². The summed E-state index contributed by atoms with van der Waals surface area (Å²) in [7, 11) is 0. The van der Waals surface area contributed by atoms with Crippen molar-refractivity contribution in [3.63, 3.8) is 0 Å². The summed E-state index contributed by atoms with van der Waals surface area (Å²) in [6.07, 6.45) is 4.96. The summed E-state index contributed by atoms with van der Waals surface area (Å²) in [5, 5.41) is 0. The number of likely N-dealkylation sites (tertiary alicyclic amines) is 2. The summed E-state index contributed by atoms with van der Waals surface area (Å²) in [4.78, 5) is 21.2. The van der Waals surface area contributed by atoms with Crippen LogP contribution in [0.25, 0.3) is 0 Å². The van der Waals surface area contributed by atoms with Gasteiger partial charge >= 0.3 is 0 Å². The highest BCUT2D eigenvalue weighted by Gasteiger charge is 2.27. The van der Waals surface area contributed by atoms with E-state index in [1.807, 2.05) is 4.90 Å². The molecule has 2 saturated heterocycles. The standard InChI is InChI=1S/C16H24N4O/c17-15-7-3-6-14(18-15)16(21)20-10-4-5-13(12-20)11-19-8-1-2-9-19/h3,6-7,13H,1-2,4-5,8-12H2,(H2,17,18)/t13-/m0/s1. The van der Waals surface area contributed by atoms with E-state index in [4.69, 9.17) is 5.73 Å². The number of amides is 1. The molecular formula is C16H24N4O. The topological polar surface area (TPSA) is 62.5 Å². The first-order valence-electron chi connectivity index (χ1n) is 7.96. The zero-order chi connectivity index (χ0) is 14.7. The first-order chi connectivity index (χ1) is 10.2. The number of carbonyl (C=O) groups excluding carboxylic acids is 1. The lowest BCUT2D eigenvalue weighted by molar-refractivity contribution is 0.0642. The first kappa shape index (κ1) is 14.3. The van der Waals surface area contributed by atoms with Crippen LogP contribution < -0.4 is 5.73 Å². The van der Waals surface area contributed by atoms with E-state index in [2.05, 4.69) is 9.88 Å². The van der Waals surface area contributed by atoms with Crippen LogP contribution in [0, 0.1) is 5.92 Å². The number of rotatable bonds is 3. The van der Waals surface area contributed by atoms with Gasteiger partial charge in [0.1, 0.15) is 11.5 Å². The van der Waals surface area contributed by atoms with Crippen LogP contribution in [0.2, 0.25) is 0 Å². The molecule has 2 fully saturated rings. The summed E-state index contributed by atoms with van der Waals surface area (Å²) in [6, 6.07) is 5.26. The number of aromatic nitrogens is 1. The predicted octanol–water partition coefficient (Wildman–Crippen LogP) is 1.61. The van der Waals surface area contributed by atoms with Gasteiger partial charge in [-0.1, -0.05) is 6.07 Å². The van der Waals surface area contributed by atoms with Crippen molar-refractivity contribution in [1.82, 2.24) is 14.8 Å². The van der Waals surface area contributed by atoms with Crippen LogP contribution in [0.1, 0.15) is 36.2 Å². The van der Waals surface area contributed by atoms with Gasteiger partial charge in [-0.15, -0.1) is 0 Å². The number of hydrogen-bond donors (Lipinski definition) is 1. The number of anilines is 1. The molecule has 0 radical (unpaired) electrons. The third-order valence-electron chi connectivity index (χ3n) is 4.51. The normalized spacial score (nSPS) is 23.4. The Morgan fingerprint density at radius 3 is 2.81 bits per heavy atom. The minimum Gasteiger partial charge on any atom is -0.384 e. The SMILES string of the molecule is Nc1cccc(C(=O)N2CCC[C@@H](CN3CCCC3)C2)n1. The molecule has 114 valence electrons. The van der Waals surface area contributed by atoms with E-state index in [-0.39, 0.29) is 5.91 Å². The van der Waals surface area contributed by atoms with Crippen LogP contribution >= 0.6 is 0 Å².